The highest BCUT2D eigenvalue weighted by Gasteiger charge is 2.45. The van der Waals surface area contributed by atoms with E-state index in [1.54, 1.807) is 35.1 Å². The van der Waals surface area contributed by atoms with E-state index in [2.05, 4.69) is 20.6 Å². The van der Waals surface area contributed by atoms with Crippen LogP contribution >= 0.6 is 0 Å². The van der Waals surface area contributed by atoms with Crippen LogP contribution in [0.15, 0.2) is 54.9 Å². The highest BCUT2D eigenvalue weighted by atomic mass is 19.1. The second-order valence-corrected chi connectivity index (χ2v) is 11.0. The first-order valence-electron chi connectivity index (χ1n) is 13.8. The van der Waals surface area contributed by atoms with E-state index in [-0.39, 0.29) is 41.3 Å². The molecule has 0 aliphatic carbocycles. The van der Waals surface area contributed by atoms with Gasteiger partial charge in [-0.1, -0.05) is 18.2 Å². The predicted octanol–water partition coefficient (Wildman–Crippen LogP) is 3.95. The van der Waals surface area contributed by atoms with Gasteiger partial charge in [0.05, 0.1) is 17.5 Å². The fourth-order valence-corrected chi connectivity index (χ4v) is 6.67. The number of halogens is 1. The molecule has 3 aromatic heterocycles. The average molecular weight is 553 g/mol. The molecule has 4 N–H and O–H groups in total. The number of amides is 1. The van der Waals surface area contributed by atoms with Gasteiger partial charge in [0.2, 0.25) is 0 Å². The number of Topliss-reactive ketones (excluding diaryl/α,β-unsaturated/α-hetero) is 1. The van der Waals surface area contributed by atoms with Gasteiger partial charge in [0, 0.05) is 42.0 Å². The number of aromatic nitrogens is 5. The van der Waals surface area contributed by atoms with Crippen LogP contribution in [0.25, 0.3) is 16.9 Å². The molecule has 10 nitrogen and oxygen atoms in total. The molecule has 208 valence electrons. The first kappa shape index (κ1) is 25.2. The van der Waals surface area contributed by atoms with Gasteiger partial charge in [-0.3, -0.25) is 14.7 Å². The number of anilines is 1. The number of hydrogen-bond donors (Lipinski definition) is 3. The lowest BCUT2D eigenvalue weighted by Crippen LogP contribution is -2.46. The van der Waals surface area contributed by atoms with Crippen molar-refractivity contribution < 1.29 is 14.0 Å². The zero-order chi connectivity index (χ0) is 28.2. The summed E-state index contributed by atoms with van der Waals surface area (Å²) in [5, 5.41) is 14.6. The third kappa shape index (κ3) is 4.19. The largest absolute Gasteiger partial charge is 0.383 e. The number of carbonyl (C=O) groups excluding carboxylic acids is 2. The molecule has 2 atom stereocenters. The Balaban J connectivity index is 1.24. The minimum Gasteiger partial charge on any atom is -0.383 e. The number of rotatable bonds is 5. The summed E-state index contributed by atoms with van der Waals surface area (Å²) in [4.78, 5) is 33.1. The van der Waals surface area contributed by atoms with Crippen LogP contribution < -0.4 is 11.1 Å². The summed E-state index contributed by atoms with van der Waals surface area (Å²) in [7, 11) is 0. The molecule has 3 aliphatic rings. The maximum absolute atomic E-state index is 13.4. The van der Waals surface area contributed by atoms with Crippen molar-refractivity contribution in [2.24, 2.45) is 0 Å². The number of nitrogens with two attached hydrogens (primary N) is 1. The highest BCUT2D eigenvalue weighted by Crippen LogP contribution is 2.45. The molecule has 0 spiro atoms. The Morgan fingerprint density at radius 2 is 1.83 bits per heavy atom. The fraction of sp³-hybridized carbons (Fsp3) is 0.300. The summed E-state index contributed by atoms with van der Waals surface area (Å²) < 4.78 is 14.9. The summed E-state index contributed by atoms with van der Waals surface area (Å²) in [5.74, 6) is -0.210. The number of nitrogens with one attached hydrogen (secondary N) is 2. The molecule has 11 heteroatoms. The smallest absolute Gasteiger partial charge is 0.272 e. The van der Waals surface area contributed by atoms with Crippen molar-refractivity contribution in [3.05, 3.63) is 88.8 Å². The Morgan fingerprint density at radius 3 is 2.46 bits per heavy atom. The van der Waals surface area contributed by atoms with Gasteiger partial charge in [-0.05, 0) is 68.0 Å². The van der Waals surface area contributed by atoms with Crippen LogP contribution in [0.4, 0.5) is 10.2 Å². The van der Waals surface area contributed by atoms with Crippen molar-refractivity contribution in [3.8, 4) is 0 Å². The Hall–Kier alpha value is -4.80. The minimum atomic E-state index is -0.278. The molecule has 1 amide bonds. The van der Waals surface area contributed by atoms with E-state index in [0.717, 1.165) is 35.2 Å². The van der Waals surface area contributed by atoms with E-state index < -0.39 is 0 Å². The summed E-state index contributed by atoms with van der Waals surface area (Å²) >= 11 is 0. The number of dihydropyridines is 1. The van der Waals surface area contributed by atoms with Crippen molar-refractivity contribution in [2.75, 3.05) is 12.3 Å². The normalized spacial score (nSPS) is 21.9. The molecule has 7 rings (SSSR count). The van der Waals surface area contributed by atoms with Crippen molar-refractivity contribution in [2.45, 2.75) is 50.6 Å². The Labute approximate surface area is 235 Å². The standard InChI is InChI=1S/C30H29FN8O2/c1-16(40)26-27(19-12-21-7-8-22(13-19)38(21)30(41)25-10-11-34-37-25)36-29-23(15-35-39(29)28(26)32)18-4-9-24(33-14-18)17-2-5-20(31)6-3-17/h2-6,9-11,15,19,21-22,33H,7-8,12-14,32H2,1H3,(H,34,37). The maximum atomic E-state index is 13.4. The molecule has 2 unspecified atom stereocenters. The summed E-state index contributed by atoms with van der Waals surface area (Å²) in [6, 6.07) is 8.16. The lowest BCUT2D eigenvalue weighted by Gasteiger charge is -2.39. The van der Waals surface area contributed by atoms with E-state index in [1.165, 1.54) is 19.1 Å². The van der Waals surface area contributed by atoms with Crippen molar-refractivity contribution >= 4 is 34.4 Å². The van der Waals surface area contributed by atoms with E-state index >= 15 is 0 Å². The first-order valence-corrected chi connectivity index (χ1v) is 13.8. The van der Waals surface area contributed by atoms with Crippen LogP contribution in [0.1, 0.15) is 76.2 Å². The first-order chi connectivity index (χ1) is 19.9. The van der Waals surface area contributed by atoms with Crippen LogP contribution in [0.5, 0.6) is 0 Å². The van der Waals surface area contributed by atoms with Crippen LogP contribution in [0.3, 0.4) is 0 Å². The number of nitrogens with zero attached hydrogens (tertiary/aromatic N) is 5. The topological polar surface area (TPSA) is 134 Å². The number of nitrogen functional groups attached to an aromatic ring is 1. The van der Waals surface area contributed by atoms with Gasteiger partial charge in [0.15, 0.2) is 11.4 Å². The Morgan fingerprint density at radius 1 is 1.07 bits per heavy atom. The number of allylic oxidation sites excluding steroid dienone is 2. The second-order valence-electron chi connectivity index (χ2n) is 11.0. The Kier molecular flexibility index (Phi) is 5.95. The van der Waals surface area contributed by atoms with Gasteiger partial charge in [0.1, 0.15) is 17.3 Å². The zero-order valence-corrected chi connectivity index (χ0v) is 22.5. The van der Waals surface area contributed by atoms with Gasteiger partial charge in [-0.2, -0.15) is 14.7 Å². The Bertz CT molecular complexity index is 1720. The molecule has 4 aromatic rings. The molecule has 3 aliphatic heterocycles. The summed E-state index contributed by atoms with van der Waals surface area (Å²) in [6.45, 7) is 2.03. The SMILES string of the molecule is CC(=O)c1c(C2CC3CCC(C2)N3C(=O)c2ccn[nH]2)nc2c(C3=CC=C(c4ccc(F)cc4)NC3)cnn2c1N. The number of piperidine rings is 1. The average Bonchev–Trinajstić information content (AvgIpc) is 3.71. The van der Waals surface area contributed by atoms with E-state index in [9.17, 15) is 14.0 Å². The lowest BCUT2D eigenvalue weighted by atomic mass is 9.85. The van der Waals surface area contributed by atoms with E-state index in [1.807, 2.05) is 17.1 Å². The molecule has 2 fully saturated rings. The maximum Gasteiger partial charge on any atom is 0.272 e. The summed E-state index contributed by atoms with van der Waals surface area (Å²) in [5.41, 5.74) is 12.3. The van der Waals surface area contributed by atoms with E-state index in [0.29, 0.717) is 42.0 Å². The minimum absolute atomic E-state index is 0.0179. The molecular weight excluding hydrogens is 523 g/mol. The molecule has 0 saturated carbocycles. The van der Waals surface area contributed by atoms with Crippen LogP contribution in [-0.2, 0) is 0 Å². The molecule has 6 heterocycles. The number of ketones is 1. The molecule has 0 radical (unpaired) electrons. The predicted molar refractivity (Wildman–Crippen MR) is 151 cm³/mol. The van der Waals surface area contributed by atoms with Crippen molar-refractivity contribution in [3.63, 3.8) is 0 Å². The second kappa shape index (κ2) is 9.69. The van der Waals surface area contributed by atoms with Crippen LogP contribution in [-0.4, -0.2) is 60.0 Å². The molecular formula is C30H29FN8O2. The monoisotopic (exact) mass is 552 g/mol. The number of carbonyl (C=O) groups is 2. The van der Waals surface area contributed by atoms with Gasteiger partial charge in [-0.25, -0.2) is 9.37 Å². The third-order valence-corrected chi connectivity index (χ3v) is 8.57. The van der Waals surface area contributed by atoms with E-state index in [4.69, 9.17) is 10.7 Å². The zero-order valence-electron chi connectivity index (χ0n) is 22.5. The third-order valence-electron chi connectivity index (χ3n) is 8.57. The number of H-pyrrole nitrogens is 1. The number of benzene rings is 1. The van der Waals surface area contributed by atoms with Gasteiger partial charge in [-0.15, -0.1) is 0 Å². The quantitative estimate of drug-likeness (QED) is 0.319. The fourth-order valence-electron chi connectivity index (χ4n) is 6.67. The van der Waals surface area contributed by atoms with Gasteiger partial charge >= 0.3 is 0 Å². The van der Waals surface area contributed by atoms with Crippen molar-refractivity contribution in [1.29, 1.82) is 0 Å². The number of hydrogen-bond acceptors (Lipinski definition) is 7. The molecule has 1 aromatic carbocycles. The number of fused-ring (bicyclic) bond motifs is 3. The molecule has 2 saturated heterocycles. The van der Waals surface area contributed by atoms with Crippen molar-refractivity contribution in [1.82, 2.24) is 35.0 Å². The van der Waals surface area contributed by atoms with Gasteiger partial charge in [0.25, 0.3) is 5.91 Å². The highest BCUT2D eigenvalue weighted by molar-refractivity contribution is 6.00. The molecule has 2 bridgehead atoms. The van der Waals surface area contributed by atoms with Crippen LogP contribution in [0, 0.1) is 5.82 Å². The lowest BCUT2D eigenvalue weighted by molar-refractivity contribution is 0.0562. The van der Waals surface area contributed by atoms with Crippen LogP contribution in [0.2, 0.25) is 0 Å². The number of aromatic amines is 1. The van der Waals surface area contributed by atoms with Gasteiger partial charge < -0.3 is 16.0 Å². The molecule has 41 heavy (non-hydrogen) atoms. The summed E-state index contributed by atoms with van der Waals surface area (Å²) in [6.07, 6.45) is 10.5.